The first kappa shape index (κ1) is 14.8. The maximum absolute atomic E-state index is 12.6. The molecule has 6 heteroatoms. The maximum Gasteiger partial charge on any atom is 0.242 e. The van der Waals surface area contributed by atoms with E-state index < -0.39 is 0 Å². The molecule has 0 spiro atoms. The van der Waals surface area contributed by atoms with Crippen LogP contribution in [0.5, 0.6) is 0 Å². The molecule has 0 unspecified atom stereocenters. The lowest BCUT2D eigenvalue weighted by molar-refractivity contribution is -0.133. The molecule has 1 N–H and O–H groups in total. The minimum absolute atomic E-state index is 0.176. The van der Waals surface area contributed by atoms with Gasteiger partial charge in [0.15, 0.2) is 0 Å². The lowest BCUT2D eigenvalue weighted by Crippen LogP contribution is -2.41. The van der Waals surface area contributed by atoms with Gasteiger partial charge in [0, 0.05) is 43.5 Å². The summed E-state index contributed by atoms with van der Waals surface area (Å²) >= 11 is 0. The number of H-pyrrole nitrogens is 1. The Kier molecular flexibility index (Phi) is 4.27. The Morgan fingerprint density at radius 3 is 3.09 bits per heavy atom. The lowest BCUT2D eigenvalue weighted by atomic mass is 9.93. The topological polar surface area (TPSA) is 66.8 Å². The van der Waals surface area contributed by atoms with Crippen LogP contribution in [-0.2, 0) is 17.8 Å². The molecule has 118 valence electrons. The number of imidazole rings is 1. The number of aryl methyl sites for hydroxylation is 2. The van der Waals surface area contributed by atoms with Crippen molar-refractivity contribution >= 4 is 5.91 Å². The second-order valence-corrected chi connectivity index (χ2v) is 5.97. The Hall–Kier alpha value is -2.11. The molecule has 0 bridgehead atoms. The van der Waals surface area contributed by atoms with Crippen molar-refractivity contribution in [3.63, 3.8) is 0 Å². The quantitative estimate of drug-likeness (QED) is 0.937. The number of carbonyl (C=O) groups is 1. The van der Waals surface area contributed by atoms with Crippen LogP contribution in [0.4, 0.5) is 0 Å². The van der Waals surface area contributed by atoms with E-state index in [1.807, 2.05) is 21.9 Å². The average molecular weight is 301 g/mol. The summed E-state index contributed by atoms with van der Waals surface area (Å²) in [6.45, 7) is 6.13. The Morgan fingerprint density at radius 1 is 1.50 bits per heavy atom. The van der Waals surface area contributed by atoms with E-state index in [2.05, 4.69) is 29.0 Å². The highest BCUT2D eigenvalue weighted by Gasteiger charge is 2.26. The molecule has 0 aliphatic carbocycles. The predicted octanol–water partition coefficient (Wildman–Crippen LogP) is 1.88. The molecule has 1 amide bonds. The van der Waals surface area contributed by atoms with E-state index in [0.717, 1.165) is 38.2 Å². The molecule has 1 aliphatic heterocycles. The van der Waals surface area contributed by atoms with Crippen molar-refractivity contribution in [1.82, 2.24) is 24.6 Å². The fourth-order valence-electron chi connectivity index (χ4n) is 3.25. The fraction of sp³-hybridized carbons (Fsp3) is 0.562. The third-order valence-electron chi connectivity index (χ3n) is 4.47. The van der Waals surface area contributed by atoms with Crippen molar-refractivity contribution in [3.8, 4) is 0 Å². The molecule has 0 aromatic carbocycles. The van der Waals surface area contributed by atoms with E-state index in [0.29, 0.717) is 12.5 Å². The summed E-state index contributed by atoms with van der Waals surface area (Å²) in [6, 6.07) is 0. The van der Waals surface area contributed by atoms with Gasteiger partial charge in [0.05, 0.1) is 6.20 Å². The third-order valence-corrected chi connectivity index (χ3v) is 4.47. The number of aromatic amines is 1. The zero-order valence-corrected chi connectivity index (χ0v) is 13.2. The SMILES string of the molecule is CCc1nccn1CC(=O)N1CCC[C@@H](c2[nH]ncc2C)C1. The van der Waals surface area contributed by atoms with Gasteiger partial charge in [0.25, 0.3) is 0 Å². The van der Waals surface area contributed by atoms with Gasteiger partial charge in [-0.25, -0.2) is 4.98 Å². The number of likely N-dealkylation sites (tertiary alicyclic amines) is 1. The van der Waals surface area contributed by atoms with E-state index in [1.54, 1.807) is 6.20 Å². The Balaban J connectivity index is 1.67. The number of piperidine rings is 1. The van der Waals surface area contributed by atoms with Crippen LogP contribution in [0.1, 0.15) is 42.8 Å². The van der Waals surface area contributed by atoms with E-state index in [4.69, 9.17) is 0 Å². The summed E-state index contributed by atoms with van der Waals surface area (Å²) < 4.78 is 1.95. The largest absolute Gasteiger partial charge is 0.340 e. The minimum Gasteiger partial charge on any atom is -0.340 e. The van der Waals surface area contributed by atoms with Gasteiger partial charge >= 0.3 is 0 Å². The molecule has 1 fully saturated rings. The van der Waals surface area contributed by atoms with Gasteiger partial charge in [0.1, 0.15) is 12.4 Å². The van der Waals surface area contributed by atoms with Gasteiger partial charge in [-0.2, -0.15) is 5.10 Å². The highest BCUT2D eigenvalue weighted by molar-refractivity contribution is 5.76. The first-order valence-corrected chi connectivity index (χ1v) is 7.96. The van der Waals surface area contributed by atoms with Crippen molar-refractivity contribution in [3.05, 3.63) is 35.7 Å². The molecular formula is C16H23N5O. The predicted molar refractivity (Wildman–Crippen MR) is 83.5 cm³/mol. The second-order valence-electron chi connectivity index (χ2n) is 5.97. The van der Waals surface area contributed by atoms with Crippen LogP contribution < -0.4 is 0 Å². The van der Waals surface area contributed by atoms with Crippen molar-refractivity contribution in [2.75, 3.05) is 13.1 Å². The summed E-state index contributed by atoms with van der Waals surface area (Å²) in [5, 5.41) is 7.20. The molecule has 1 atom stereocenters. The fourth-order valence-corrected chi connectivity index (χ4v) is 3.25. The van der Waals surface area contributed by atoms with Gasteiger partial charge < -0.3 is 9.47 Å². The van der Waals surface area contributed by atoms with Gasteiger partial charge in [-0.05, 0) is 25.3 Å². The molecule has 0 radical (unpaired) electrons. The Labute approximate surface area is 130 Å². The van der Waals surface area contributed by atoms with Crippen LogP contribution in [0.3, 0.4) is 0 Å². The number of nitrogens with one attached hydrogen (secondary N) is 1. The average Bonchev–Trinajstić information content (AvgIpc) is 3.16. The second kappa shape index (κ2) is 6.34. The van der Waals surface area contributed by atoms with Crippen molar-refractivity contribution in [1.29, 1.82) is 0 Å². The van der Waals surface area contributed by atoms with Gasteiger partial charge in [-0.3, -0.25) is 9.89 Å². The van der Waals surface area contributed by atoms with E-state index >= 15 is 0 Å². The molecule has 1 aliphatic rings. The number of amides is 1. The van der Waals surface area contributed by atoms with Crippen LogP contribution in [0.2, 0.25) is 0 Å². The van der Waals surface area contributed by atoms with E-state index in [-0.39, 0.29) is 5.91 Å². The highest BCUT2D eigenvalue weighted by atomic mass is 16.2. The zero-order valence-electron chi connectivity index (χ0n) is 13.2. The number of carbonyl (C=O) groups excluding carboxylic acids is 1. The highest BCUT2D eigenvalue weighted by Crippen LogP contribution is 2.27. The maximum atomic E-state index is 12.6. The first-order valence-electron chi connectivity index (χ1n) is 7.96. The van der Waals surface area contributed by atoms with Gasteiger partial charge in [-0.15, -0.1) is 0 Å². The normalized spacial score (nSPS) is 18.6. The van der Waals surface area contributed by atoms with Crippen LogP contribution >= 0.6 is 0 Å². The summed E-state index contributed by atoms with van der Waals surface area (Å²) in [6.07, 6.45) is 8.50. The van der Waals surface area contributed by atoms with Crippen LogP contribution in [0.15, 0.2) is 18.6 Å². The van der Waals surface area contributed by atoms with Gasteiger partial charge in [0.2, 0.25) is 5.91 Å². The molecule has 3 heterocycles. The lowest BCUT2D eigenvalue weighted by Gasteiger charge is -2.32. The number of hydrogen-bond donors (Lipinski definition) is 1. The number of nitrogens with zero attached hydrogens (tertiary/aromatic N) is 4. The smallest absolute Gasteiger partial charge is 0.242 e. The molecule has 6 nitrogen and oxygen atoms in total. The Morgan fingerprint density at radius 2 is 2.36 bits per heavy atom. The summed E-state index contributed by atoms with van der Waals surface area (Å²) in [5.41, 5.74) is 2.36. The molecule has 0 saturated carbocycles. The van der Waals surface area contributed by atoms with E-state index in [1.165, 1.54) is 11.3 Å². The monoisotopic (exact) mass is 301 g/mol. The van der Waals surface area contributed by atoms with Gasteiger partial charge in [-0.1, -0.05) is 6.92 Å². The number of hydrogen-bond acceptors (Lipinski definition) is 3. The molecule has 1 saturated heterocycles. The molecular weight excluding hydrogens is 278 g/mol. The van der Waals surface area contributed by atoms with Crippen molar-refractivity contribution < 1.29 is 4.79 Å². The van der Waals surface area contributed by atoms with Crippen LogP contribution in [0.25, 0.3) is 0 Å². The number of rotatable bonds is 4. The molecule has 3 rings (SSSR count). The summed E-state index contributed by atoms with van der Waals surface area (Å²) in [4.78, 5) is 18.8. The molecule has 2 aromatic heterocycles. The van der Waals surface area contributed by atoms with Crippen LogP contribution in [0, 0.1) is 6.92 Å². The van der Waals surface area contributed by atoms with E-state index in [9.17, 15) is 4.79 Å². The van der Waals surface area contributed by atoms with Crippen molar-refractivity contribution in [2.24, 2.45) is 0 Å². The minimum atomic E-state index is 0.176. The zero-order chi connectivity index (χ0) is 15.5. The van der Waals surface area contributed by atoms with Crippen molar-refractivity contribution in [2.45, 2.75) is 45.6 Å². The first-order chi connectivity index (χ1) is 10.7. The Bertz CT molecular complexity index is 645. The summed E-state index contributed by atoms with van der Waals surface area (Å²) in [5.74, 6) is 1.51. The standard InChI is InChI=1S/C16H23N5O/c1-3-14-17-6-8-20(14)11-15(22)21-7-4-5-13(10-21)16-12(2)9-18-19-16/h6,8-9,13H,3-5,7,10-11H2,1-2H3,(H,18,19)/t13-/m1/s1. The number of aromatic nitrogens is 4. The third kappa shape index (κ3) is 2.91. The summed E-state index contributed by atoms with van der Waals surface area (Å²) in [7, 11) is 0. The molecule has 2 aromatic rings. The molecule has 22 heavy (non-hydrogen) atoms. The van der Waals surface area contributed by atoms with Crippen LogP contribution in [-0.4, -0.2) is 43.6 Å².